The molecular weight excluding hydrogens is 398 g/mol. The molecule has 0 aliphatic heterocycles. The molecule has 0 saturated heterocycles. The van der Waals surface area contributed by atoms with Crippen molar-refractivity contribution in [3.05, 3.63) is 69.6 Å². The van der Waals surface area contributed by atoms with Crippen LogP contribution < -0.4 is 15.7 Å². The van der Waals surface area contributed by atoms with Crippen molar-refractivity contribution in [3.8, 4) is 5.75 Å². The largest absolute Gasteiger partial charge is 0.482 e. The lowest BCUT2D eigenvalue weighted by Gasteiger charge is -2.09. The van der Waals surface area contributed by atoms with Gasteiger partial charge in [-0.3, -0.25) is 4.79 Å². The summed E-state index contributed by atoms with van der Waals surface area (Å²) < 4.78 is 15.8. The average molecular weight is 421 g/mol. The Bertz CT molecular complexity index is 1200. The minimum atomic E-state index is -0.673. The van der Waals surface area contributed by atoms with Gasteiger partial charge in [-0.25, -0.2) is 9.59 Å². The third-order valence-electron chi connectivity index (χ3n) is 5.29. The maximum Gasteiger partial charge on any atom is 0.344 e. The van der Waals surface area contributed by atoms with Crippen LogP contribution >= 0.6 is 0 Å². The first-order valence-electron chi connectivity index (χ1n) is 10.3. The predicted octanol–water partition coefficient (Wildman–Crippen LogP) is 3.40. The van der Waals surface area contributed by atoms with E-state index in [0.29, 0.717) is 17.0 Å². The first-order chi connectivity index (χ1) is 15.0. The van der Waals surface area contributed by atoms with Crippen LogP contribution in [-0.2, 0) is 33.6 Å². The molecule has 7 nitrogen and oxygen atoms in total. The number of anilines is 1. The van der Waals surface area contributed by atoms with Crippen LogP contribution in [0.5, 0.6) is 5.75 Å². The molecule has 0 unspecified atom stereocenters. The van der Waals surface area contributed by atoms with Crippen LogP contribution in [0.2, 0.25) is 0 Å². The zero-order valence-corrected chi connectivity index (χ0v) is 17.2. The van der Waals surface area contributed by atoms with Gasteiger partial charge in [0.2, 0.25) is 0 Å². The quantitative estimate of drug-likeness (QED) is 0.464. The summed E-state index contributed by atoms with van der Waals surface area (Å²) in [5.41, 5.74) is 3.66. The molecule has 1 aliphatic carbocycles. The summed E-state index contributed by atoms with van der Waals surface area (Å²) in [5.74, 6) is -0.720. The van der Waals surface area contributed by atoms with Crippen LogP contribution in [0, 0.1) is 0 Å². The Kier molecular flexibility index (Phi) is 6.02. The molecule has 0 spiro atoms. The number of benzene rings is 2. The van der Waals surface area contributed by atoms with E-state index in [9.17, 15) is 14.4 Å². The number of carbonyl (C=O) groups excluding carboxylic acids is 2. The van der Waals surface area contributed by atoms with Crippen molar-refractivity contribution >= 4 is 28.5 Å². The Balaban J connectivity index is 1.30. The molecular formula is C24H23NO6. The van der Waals surface area contributed by atoms with Gasteiger partial charge in [0.05, 0.1) is 0 Å². The van der Waals surface area contributed by atoms with Crippen molar-refractivity contribution in [2.24, 2.45) is 0 Å². The number of aryl methyl sites for hydroxylation is 2. The molecule has 2 aromatic carbocycles. The van der Waals surface area contributed by atoms with E-state index < -0.39 is 18.5 Å². The van der Waals surface area contributed by atoms with E-state index in [1.54, 1.807) is 18.2 Å². The van der Waals surface area contributed by atoms with Gasteiger partial charge < -0.3 is 19.2 Å². The Morgan fingerprint density at radius 3 is 2.74 bits per heavy atom. The average Bonchev–Trinajstić information content (AvgIpc) is 3.27. The predicted molar refractivity (Wildman–Crippen MR) is 115 cm³/mol. The standard InChI is InChI=1S/C24H23NO6/c1-2-15-5-3-6-16(11-15)25-22(26)13-30-23(27)14-29-17-9-10-19-18-7-4-8-20(18)24(28)31-21(19)12-17/h3,5-6,9-12H,2,4,7-8,13-14H2,1H3,(H,25,26). The number of fused-ring (bicyclic) bond motifs is 3. The molecule has 1 aliphatic rings. The van der Waals surface area contributed by atoms with Gasteiger partial charge in [0.15, 0.2) is 13.2 Å². The van der Waals surface area contributed by atoms with Crippen LogP contribution in [0.25, 0.3) is 11.0 Å². The van der Waals surface area contributed by atoms with Crippen molar-refractivity contribution < 1.29 is 23.5 Å². The molecule has 31 heavy (non-hydrogen) atoms. The van der Waals surface area contributed by atoms with Crippen LogP contribution in [0.3, 0.4) is 0 Å². The van der Waals surface area contributed by atoms with Crippen molar-refractivity contribution in [3.63, 3.8) is 0 Å². The van der Waals surface area contributed by atoms with Crippen LogP contribution in [0.1, 0.15) is 30.0 Å². The monoisotopic (exact) mass is 421 g/mol. The molecule has 1 heterocycles. The van der Waals surface area contributed by atoms with E-state index in [-0.39, 0.29) is 12.2 Å². The number of esters is 1. The summed E-state index contributed by atoms with van der Waals surface area (Å²) >= 11 is 0. The summed E-state index contributed by atoms with van der Waals surface area (Å²) in [4.78, 5) is 36.0. The Labute approximate surface area is 179 Å². The molecule has 0 bridgehead atoms. The number of hydrogen-bond donors (Lipinski definition) is 1. The van der Waals surface area contributed by atoms with Crippen molar-refractivity contribution in [2.75, 3.05) is 18.5 Å². The molecule has 0 atom stereocenters. The fraction of sp³-hybridized carbons (Fsp3) is 0.292. The fourth-order valence-corrected chi connectivity index (χ4v) is 3.75. The molecule has 160 valence electrons. The Morgan fingerprint density at radius 1 is 1.06 bits per heavy atom. The topological polar surface area (TPSA) is 94.8 Å². The first kappa shape index (κ1) is 20.7. The first-order valence-corrected chi connectivity index (χ1v) is 10.3. The minimum absolute atomic E-state index is 0.313. The summed E-state index contributed by atoms with van der Waals surface area (Å²) in [5, 5.41) is 3.59. The molecule has 1 amide bonds. The van der Waals surface area contributed by atoms with E-state index in [1.807, 2.05) is 31.2 Å². The second-order valence-corrected chi connectivity index (χ2v) is 7.41. The third kappa shape index (κ3) is 4.77. The van der Waals surface area contributed by atoms with E-state index >= 15 is 0 Å². The van der Waals surface area contributed by atoms with Gasteiger partial charge in [0.1, 0.15) is 11.3 Å². The second-order valence-electron chi connectivity index (χ2n) is 7.41. The lowest BCUT2D eigenvalue weighted by atomic mass is 10.1. The van der Waals surface area contributed by atoms with E-state index in [4.69, 9.17) is 13.9 Å². The van der Waals surface area contributed by atoms with Crippen molar-refractivity contribution in [1.82, 2.24) is 0 Å². The number of rotatable bonds is 7. The highest BCUT2D eigenvalue weighted by molar-refractivity contribution is 5.93. The van der Waals surface area contributed by atoms with Gasteiger partial charge >= 0.3 is 11.6 Å². The summed E-state index contributed by atoms with van der Waals surface area (Å²) in [6.07, 6.45) is 3.40. The third-order valence-corrected chi connectivity index (χ3v) is 5.29. The van der Waals surface area contributed by atoms with Gasteiger partial charge in [-0.15, -0.1) is 0 Å². The number of hydrogen-bond acceptors (Lipinski definition) is 6. The number of carbonyl (C=O) groups is 2. The molecule has 0 saturated carbocycles. The summed E-state index contributed by atoms with van der Waals surface area (Å²) in [7, 11) is 0. The highest BCUT2D eigenvalue weighted by Crippen LogP contribution is 2.29. The SMILES string of the molecule is CCc1cccc(NC(=O)COC(=O)COc2ccc3c4c(c(=O)oc3c2)CCC4)c1. The summed E-state index contributed by atoms with van der Waals surface area (Å²) in [6.45, 7) is 1.26. The zero-order valence-electron chi connectivity index (χ0n) is 17.2. The Morgan fingerprint density at radius 2 is 1.90 bits per heavy atom. The number of ether oxygens (including phenoxy) is 2. The second kappa shape index (κ2) is 9.04. The highest BCUT2D eigenvalue weighted by Gasteiger charge is 2.19. The van der Waals surface area contributed by atoms with Gasteiger partial charge in [-0.1, -0.05) is 19.1 Å². The fourth-order valence-electron chi connectivity index (χ4n) is 3.75. The zero-order chi connectivity index (χ0) is 21.8. The van der Waals surface area contributed by atoms with E-state index in [1.165, 1.54) is 0 Å². The summed E-state index contributed by atoms with van der Waals surface area (Å²) in [6, 6.07) is 12.6. The molecule has 3 aromatic rings. The lowest BCUT2D eigenvalue weighted by Crippen LogP contribution is -2.23. The number of amides is 1. The lowest BCUT2D eigenvalue weighted by molar-refractivity contribution is -0.149. The maximum atomic E-state index is 12.1. The van der Waals surface area contributed by atoms with Crippen LogP contribution in [-0.4, -0.2) is 25.1 Å². The number of nitrogens with one attached hydrogen (secondary N) is 1. The van der Waals surface area contributed by atoms with Crippen molar-refractivity contribution in [2.45, 2.75) is 32.6 Å². The van der Waals surface area contributed by atoms with Gasteiger partial charge in [0, 0.05) is 22.7 Å². The molecule has 1 N–H and O–H groups in total. The minimum Gasteiger partial charge on any atom is -0.482 e. The van der Waals surface area contributed by atoms with Crippen LogP contribution in [0.15, 0.2) is 51.7 Å². The van der Waals surface area contributed by atoms with Crippen molar-refractivity contribution in [1.29, 1.82) is 0 Å². The molecule has 0 radical (unpaired) electrons. The highest BCUT2D eigenvalue weighted by atomic mass is 16.6. The molecule has 4 rings (SSSR count). The Hall–Kier alpha value is -3.61. The van der Waals surface area contributed by atoms with E-state index in [2.05, 4.69) is 5.32 Å². The van der Waals surface area contributed by atoms with Gasteiger partial charge in [-0.2, -0.15) is 0 Å². The molecule has 1 aromatic heterocycles. The molecule has 0 fully saturated rings. The maximum absolute atomic E-state index is 12.1. The van der Waals surface area contributed by atoms with Gasteiger partial charge in [-0.05, 0) is 61.1 Å². The van der Waals surface area contributed by atoms with E-state index in [0.717, 1.165) is 47.8 Å². The normalized spacial score (nSPS) is 12.4. The van der Waals surface area contributed by atoms with Crippen LogP contribution in [0.4, 0.5) is 5.69 Å². The molecule has 7 heteroatoms. The van der Waals surface area contributed by atoms with Gasteiger partial charge in [0.25, 0.3) is 5.91 Å². The smallest absolute Gasteiger partial charge is 0.344 e.